The van der Waals surface area contributed by atoms with Gasteiger partial charge in [0, 0.05) is 30.8 Å². The second-order valence-electron chi connectivity index (χ2n) is 8.12. The molecule has 10 heteroatoms. The summed E-state index contributed by atoms with van der Waals surface area (Å²) in [6, 6.07) is 5.72. The molecule has 1 atom stereocenters. The number of pyridine rings is 1. The smallest absolute Gasteiger partial charge is 0.327 e. The fraction of sp³-hybridized carbons (Fsp3) is 0.522. The number of tetrazole rings is 1. The Hall–Kier alpha value is -3.11. The van der Waals surface area contributed by atoms with E-state index in [2.05, 4.69) is 31.5 Å². The molecule has 0 aliphatic heterocycles. The highest BCUT2D eigenvalue weighted by molar-refractivity contribution is 5.80. The molecule has 33 heavy (non-hydrogen) atoms. The van der Waals surface area contributed by atoms with Gasteiger partial charge in [-0.15, -0.1) is 5.10 Å². The molecule has 2 N–H and O–H groups in total. The molecule has 0 fully saturated rings. The first-order chi connectivity index (χ1) is 15.9. The molecule has 0 saturated heterocycles. The van der Waals surface area contributed by atoms with Gasteiger partial charge in [0.1, 0.15) is 6.54 Å². The zero-order valence-corrected chi connectivity index (χ0v) is 19.7. The number of hydrogen-bond donors (Lipinski definition) is 2. The van der Waals surface area contributed by atoms with Gasteiger partial charge in [-0.2, -0.15) is 0 Å². The van der Waals surface area contributed by atoms with Crippen molar-refractivity contribution >= 4 is 16.9 Å². The lowest BCUT2D eigenvalue weighted by Gasteiger charge is -2.30. The van der Waals surface area contributed by atoms with Crippen molar-refractivity contribution in [3.05, 3.63) is 51.1 Å². The fourth-order valence-electron chi connectivity index (χ4n) is 3.97. The number of aliphatic hydroxyl groups is 1. The van der Waals surface area contributed by atoms with E-state index in [1.54, 1.807) is 6.92 Å². The zero-order valence-electron chi connectivity index (χ0n) is 19.7. The van der Waals surface area contributed by atoms with Crippen LogP contribution in [0.25, 0.3) is 10.9 Å². The summed E-state index contributed by atoms with van der Waals surface area (Å²) in [5.41, 5.74) is 3.55. The third-order valence-electron chi connectivity index (χ3n) is 5.78. The van der Waals surface area contributed by atoms with E-state index in [4.69, 9.17) is 4.74 Å². The molecule has 0 amide bonds. The van der Waals surface area contributed by atoms with Crippen LogP contribution in [-0.2, 0) is 22.6 Å². The Morgan fingerprint density at radius 3 is 2.70 bits per heavy atom. The maximum Gasteiger partial charge on any atom is 0.327 e. The summed E-state index contributed by atoms with van der Waals surface area (Å²) in [4.78, 5) is 29.9. The molecule has 3 rings (SSSR count). The summed E-state index contributed by atoms with van der Waals surface area (Å²) in [6.07, 6.45) is 1.18. The summed E-state index contributed by atoms with van der Waals surface area (Å²) in [5, 5.41) is 22.3. The molecular weight excluding hydrogens is 424 g/mol. The lowest BCUT2D eigenvalue weighted by atomic mass is 10.0. The number of rotatable bonds is 11. The van der Waals surface area contributed by atoms with Gasteiger partial charge >= 0.3 is 5.97 Å². The third-order valence-corrected chi connectivity index (χ3v) is 5.78. The monoisotopic (exact) mass is 456 g/mol. The summed E-state index contributed by atoms with van der Waals surface area (Å²) in [7, 11) is 0. The van der Waals surface area contributed by atoms with Gasteiger partial charge in [0.05, 0.1) is 12.6 Å². The lowest BCUT2D eigenvalue weighted by Crippen LogP contribution is -2.34. The first-order valence-electron chi connectivity index (χ1n) is 11.3. The van der Waals surface area contributed by atoms with E-state index in [9.17, 15) is 14.7 Å². The van der Waals surface area contributed by atoms with Gasteiger partial charge in [0.15, 0.2) is 5.82 Å². The second-order valence-corrected chi connectivity index (χ2v) is 8.12. The Balaban J connectivity index is 1.94. The molecular formula is C23H32N6O4. The third kappa shape index (κ3) is 5.82. The van der Waals surface area contributed by atoms with Crippen molar-refractivity contribution in [2.24, 2.45) is 0 Å². The van der Waals surface area contributed by atoms with Gasteiger partial charge in [-0.05, 0) is 78.8 Å². The van der Waals surface area contributed by atoms with Crippen molar-refractivity contribution in [1.82, 2.24) is 30.1 Å². The Morgan fingerprint density at radius 1 is 1.24 bits per heavy atom. The Labute approximate surface area is 192 Å². The molecule has 0 saturated carbocycles. The molecule has 0 aliphatic rings. The Morgan fingerprint density at radius 2 is 2.00 bits per heavy atom. The molecule has 0 bridgehead atoms. The number of carbonyl (C=O) groups excluding carboxylic acids is 1. The van der Waals surface area contributed by atoms with Crippen molar-refractivity contribution in [3.8, 4) is 0 Å². The standard InChI is InChI=1S/C23H32N6O4/c1-5-20(22-25-26-27-29(22)14-21(31)33-6-2)28(8-7-9-30)13-18-12-17-10-15(3)16(4)11-19(17)24-23(18)32/h10-12,20,30H,5-9,13-14H2,1-4H3,(H,24,32). The highest BCUT2D eigenvalue weighted by Gasteiger charge is 2.26. The highest BCUT2D eigenvalue weighted by Crippen LogP contribution is 2.25. The van der Waals surface area contributed by atoms with Crippen molar-refractivity contribution in [1.29, 1.82) is 0 Å². The molecule has 0 radical (unpaired) electrons. The Kier molecular flexibility index (Phi) is 8.29. The van der Waals surface area contributed by atoms with Crippen LogP contribution in [0, 0.1) is 13.8 Å². The number of esters is 1. The topological polar surface area (TPSA) is 126 Å². The van der Waals surface area contributed by atoms with Gasteiger partial charge in [0.25, 0.3) is 5.56 Å². The number of fused-ring (bicyclic) bond motifs is 1. The van der Waals surface area contributed by atoms with E-state index in [1.165, 1.54) is 4.68 Å². The van der Waals surface area contributed by atoms with Crippen molar-refractivity contribution in [2.75, 3.05) is 19.8 Å². The van der Waals surface area contributed by atoms with Crippen LogP contribution in [0.15, 0.2) is 23.0 Å². The zero-order chi connectivity index (χ0) is 24.0. The van der Waals surface area contributed by atoms with E-state index < -0.39 is 5.97 Å². The summed E-state index contributed by atoms with van der Waals surface area (Å²) < 4.78 is 6.47. The number of carbonyl (C=O) groups is 1. The molecule has 1 unspecified atom stereocenters. The van der Waals surface area contributed by atoms with Crippen LogP contribution in [0.4, 0.5) is 0 Å². The minimum absolute atomic E-state index is 0.0211. The average Bonchev–Trinajstić information content (AvgIpc) is 3.22. The van der Waals surface area contributed by atoms with Crippen LogP contribution < -0.4 is 5.56 Å². The maximum atomic E-state index is 12.9. The predicted molar refractivity (Wildman–Crippen MR) is 124 cm³/mol. The normalized spacial score (nSPS) is 12.4. The highest BCUT2D eigenvalue weighted by atomic mass is 16.5. The van der Waals surface area contributed by atoms with Crippen LogP contribution in [-0.4, -0.2) is 60.9 Å². The van der Waals surface area contributed by atoms with E-state index in [0.717, 1.165) is 22.0 Å². The van der Waals surface area contributed by atoms with Gasteiger partial charge < -0.3 is 14.8 Å². The van der Waals surface area contributed by atoms with Crippen LogP contribution >= 0.6 is 0 Å². The van der Waals surface area contributed by atoms with Crippen molar-refractivity contribution in [2.45, 2.75) is 59.7 Å². The number of ether oxygens (including phenoxy) is 1. The minimum atomic E-state index is -0.417. The quantitative estimate of drug-likeness (QED) is 0.420. The van der Waals surface area contributed by atoms with Gasteiger partial charge in [-0.1, -0.05) is 6.92 Å². The predicted octanol–water partition coefficient (Wildman–Crippen LogP) is 2.03. The van der Waals surface area contributed by atoms with Crippen LogP contribution in [0.3, 0.4) is 0 Å². The maximum absolute atomic E-state index is 12.9. The number of aliphatic hydroxyl groups excluding tert-OH is 1. The first-order valence-corrected chi connectivity index (χ1v) is 11.3. The minimum Gasteiger partial charge on any atom is -0.465 e. The SMILES string of the molecule is CCOC(=O)Cn1nnnc1C(CC)N(CCCO)Cc1cc2cc(C)c(C)cc2[nH]c1=O. The number of aryl methyl sites for hydroxylation is 2. The van der Waals surface area contributed by atoms with E-state index in [0.29, 0.717) is 37.3 Å². The van der Waals surface area contributed by atoms with E-state index >= 15 is 0 Å². The number of nitrogens with one attached hydrogen (secondary N) is 1. The number of hydrogen-bond acceptors (Lipinski definition) is 8. The van der Waals surface area contributed by atoms with Crippen LogP contribution in [0.2, 0.25) is 0 Å². The lowest BCUT2D eigenvalue weighted by molar-refractivity contribution is -0.144. The van der Waals surface area contributed by atoms with E-state index in [1.807, 2.05) is 32.9 Å². The van der Waals surface area contributed by atoms with Crippen molar-refractivity contribution in [3.63, 3.8) is 0 Å². The average molecular weight is 457 g/mol. The van der Waals surface area contributed by atoms with Gasteiger partial charge in [-0.3, -0.25) is 14.5 Å². The van der Waals surface area contributed by atoms with Gasteiger partial charge in [-0.25, -0.2) is 4.68 Å². The summed E-state index contributed by atoms with van der Waals surface area (Å²) >= 11 is 0. The number of H-pyrrole nitrogens is 1. The molecule has 2 aromatic heterocycles. The first kappa shape index (κ1) is 24.5. The molecule has 1 aromatic carbocycles. The largest absolute Gasteiger partial charge is 0.465 e. The van der Waals surface area contributed by atoms with Gasteiger partial charge in [0.2, 0.25) is 0 Å². The molecule has 0 spiro atoms. The molecule has 0 aliphatic carbocycles. The summed E-state index contributed by atoms with van der Waals surface area (Å²) in [6.45, 7) is 8.90. The second kappa shape index (κ2) is 11.2. The van der Waals surface area contributed by atoms with Crippen LogP contribution in [0.5, 0.6) is 0 Å². The number of aromatic nitrogens is 5. The van der Waals surface area contributed by atoms with E-state index in [-0.39, 0.29) is 31.4 Å². The summed E-state index contributed by atoms with van der Waals surface area (Å²) in [5.74, 6) is 0.103. The number of nitrogens with zero attached hydrogens (tertiary/aromatic N) is 5. The Bertz CT molecular complexity index is 1160. The molecule has 3 aromatic rings. The van der Waals surface area contributed by atoms with Crippen LogP contribution in [0.1, 0.15) is 55.2 Å². The number of benzene rings is 1. The van der Waals surface area contributed by atoms with Crippen molar-refractivity contribution < 1.29 is 14.6 Å². The molecule has 10 nitrogen and oxygen atoms in total. The molecule has 178 valence electrons. The number of aromatic amines is 1. The fourth-order valence-corrected chi connectivity index (χ4v) is 3.97. The molecule has 2 heterocycles.